The number of likely N-dealkylation sites (tertiary alicyclic amines) is 1. The number of aliphatic hydroxyl groups is 1. The molecule has 0 saturated carbocycles. The number of pyridine rings is 1. The molecule has 0 radical (unpaired) electrons. The van der Waals surface area contributed by atoms with E-state index in [4.69, 9.17) is 0 Å². The van der Waals surface area contributed by atoms with E-state index >= 15 is 0 Å². The number of rotatable bonds is 4. The van der Waals surface area contributed by atoms with Gasteiger partial charge in [-0.25, -0.2) is 8.42 Å². The first-order valence-corrected chi connectivity index (χ1v) is 13.5. The van der Waals surface area contributed by atoms with Crippen molar-refractivity contribution in [3.8, 4) is 0 Å². The van der Waals surface area contributed by atoms with Gasteiger partial charge in [0, 0.05) is 49.5 Å². The molecule has 1 aliphatic carbocycles. The number of hydrogen-bond acceptors (Lipinski definition) is 5. The van der Waals surface area contributed by atoms with Crippen LogP contribution in [-0.4, -0.2) is 65.2 Å². The van der Waals surface area contributed by atoms with Crippen molar-refractivity contribution in [2.24, 2.45) is 11.8 Å². The minimum absolute atomic E-state index is 0.103. The van der Waals surface area contributed by atoms with Gasteiger partial charge in [0.15, 0.2) is 0 Å². The number of aliphatic hydroxyl groups excluding tert-OH is 1. The van der Waals surface area contributed by atoms with Crippen molar-refractivity contribution in [1.29, 1.82) is 0 Å². The van der Waals surface area contributed by atoms with Gasteiger partial charge < -0.3 is 14.6 Å². The van der Waals surface area contributed by atoms with E-state index < -0.39 is 33.9 Å². The van der Waals surface area contributed by atoms with Crippen LogP contribution in [0.3, 0.4) is 0 Å². The molecule has 32 heavy (non-hydrogen) atoms. The molecule has 2 bridgehead atoms. The molecule has 4 atom stereocenters. The molecule has 1 aromatic heterocycles. The van der Waals surface area contributed by atoms with Crippen LogP contribution in [-0.2, 0) is 21.4 Å². The van der Waals surface area contributed by atoms with Gasteiger partial charge >= 0.3 is 0 Å². The topological polar surface area (TPSA) is 99.9 Å². The minimum Gasteiger partial charge on any atom is -0.396 e. The number of piperidine rings is 1. The number of carbonyl (C=O) groups is 1. The van der Waals surface area contributed by atoms with Gasteiger partial charge in [-0.05, 0) is 56.2 Å². The maximum absolute atomic E-state index is 13.7. The standard InChI is InChI=1S/C23H31N3O5S/c1-32(30,31)26-19-13-25-18(10-9-16(22(25)28)15-7-3-4-8-15)21(26)20(17(19)14-27)23(29)24-11-5-2-6-12-24/h7,9-10,17,19-21,27H,2-6,8,11-14H2,1H3/t17-,19-,20+,21+/m1/s1. The van der Waals surface area contributed by atoms with Crippen LogP contribution in [0, 0.1) is 11.8 Å². The SMILES string of the molecule is CS(=O)(=O)N1[C@@H]2Cn3c(ccc(C4=CCCC4)c3=O)[C@H]1[C@@H](C(=O)N1CCCCC1)[C@@H]2CO. The van der Waals surface area contributed by atoms with Crippen LogP contribution < -0.4 is 5.56 Å². The Morgan fingerprint density at radius 3 is 2.53 bits per heavy atom. The van der Waals surface area contributed by atoms with Gasteiger partial charge in [0.05, 0.1) is 18.2 Å². The zero-order valence-corrected chi connectivity index (χ0v) is 19.3. The maximum atomic E-state index is 13.7. The van der Waals surface area contributed by atoms with E-state index in [1.54, 1.807) is 10.6 Å². The predicted octanol–water partition coefficient (Wildman–Crippen LogP) is 1.35. The normalized spacial score (nSPS) is 30.3. The third-order valence-electron chi connectivity index (χ3n) is 7.71. The summed E-state index contributed by atoms with van der Waals surface area (Å²) in [5.74, 6) is -1.34. The number of aromatic nitrogens is 1. The molecule has 0 aromatic carbocycles. The first kappa shape index (κ1) is 21.9. The molecule has 4 aliphatic rings. The molecule has 9 heteroatoms. The number of carbonyl (C=O) groups excluding carboxylic acids is 1. The summed E-state index contributed by atoms with van der Waals surface area (Å²) in [5.41, 5.74) is 2.15. The Labute approximate surface area is 188 Å². The second-order valence-electron chi connectivity index (χ2n) is 9.57. The smallest absolute Gasteiger partial charge is 0.258 e. The van der Waals surface area contributed by atoms with Gasteiger partial charge in [0.1, 0.15) is 0 Å². The average Bonchev–Trinajstić information content (AvgIpc) is 3.39. The molecule has 2 fully saturated rings. The van der Waals surface area contributed by atoms with Gasteiger partial charge in [-0.3, -0.25) is 9.59 Å². The number of allylic oxidation sites excluding steroid dienone is 2. The molecule has 1 aromatic rings. The van der Waals surface area contributed by atoms with Crippen molar-refractivity contribution >= 4 is 21.5 Å². The Hall–Kier alpha value is -1.97. The van der Waals surface area contributed by atoms with E-state index in [0.29, 0.717) is 24.3 Å². The lowest BCUT2D eigenvalue weighted by atomic mass is 9.85. The van der Waals surface area contributed by atoms with E-state index in [9.17, 15) is 23.1 Å². The summed E-state index contributed by atoms with van der Waals surface area (Å²) in [6, 6.07) is 2.23. The number of nitrogens with zero attached hydrogens (tertiary/aromatic N) is 3. The summed E-state index contributed by atoms with van der Waals surface area (Å²) >= 11 is 0. The Bertz CT molecular complexity index is 1120. The quantitative estimate of drug-likeness (QED) is 0.730. The fraction of sp³-hybridized carbons (Fsp3) is 0.652. The highest BCUT2D eigenvalue weighted by molar-refractivity contribution is 7.88. The molecular weight excluding hydrogens is 430 g/mol. The molecule has 8 nitrogen and oxygen atoms in total. The van der Waals surface area contributed by atoms with Gasteiger partial charge in [0.25, 0.3) is 5.56 Å². The third-order valence-corrected chi connectivity index (χ3v) is 8.97. The Morgan fingerprint density at radius 1 is 1.16 bits per heavy atom. The van der Waals surface area contributed by atoms with Crippen LogP contribution in [0.5, 0.6) is 0 Å². The third kappa shape index (κ3) is 3.36. The molecule has 2 saturated heterocycles. The summed E-state index contributed by atoms with van der Waals surface area (Å²) in [5, 5.41) is 10.3. The molecule has 0 unspecified atom stereocenters. The molecule has 4 heterocycles. The van der Waals surface area contributed by atoms with Crippen molar-refractivity contribution < 1.29 is 18.3 Å². The average molecular weight is 462 g/mol. The molecule has 1 N–H and O–H groups in total. The molecule has 5 rings (SSSR count). The zero-order chi connectivity index (χ0) is 22.6. The van der Waals surface area contributed by atoms with E-state index in [-0.39, 0.29) is 24.6 Å². The van der Waals surface area contributed by atoms with E-state index in [0.717, 1.165) is 50.4 Å². The minimum atomic E-state index is -3.66. The van der Waals surface area contributed by atoms with Gasteiger partial charge in [-0.2, -0.15) is 4.31 Å². The van der Waals surface area contributed by atoms with Gasteiger partial charge in [-0.1, -0.05) is 6.08 Å². The summed E-state index contributed by atoms with van der Waals surface area (Å²) in [6.07, 6.45) is 9.05. The van der Waals surface area contributed by atoms with Crippen LogP contribution in [0.25, 0.3) is 5.57 Å². The number of fused-ring (bicyclic) bond motifs is 4. The van der Waals surface area contributed by atoms with Crippen LogP contribution in [0.15, 0.2) is 23.0 Å². The van der Waals surface area contributed by atoms with Crippen molar-refractivity contribution in [2.45, 2.75) is 57.2 Å². The lowest BCUT2D eigenvalue weighted by molar-refractivity contribution is -0.139. The molecule has 1 amide bonds. The van der Waals surface area contributed by atoms with Crippen LogP contribution >= 0.6 is 0 Å². The molecular formula is C23H31N3O5S. The Kier molecular flexibility index (Phi) is 5.54. The number of amides is 1. The van der Waals surface area contributed by atoms with Crippen molar-refractivity contribution in [1.82, 2.24) is 13.8 Å². The zero-order valence-electron chi connectivity index (χ0n) is 18.4. The second-order valence-corrected chi connectivity index (χ2v) is 11.5. The van der Waals surface area contributed by atoms with Gasteiger partial charge in [0.2, 0.25) is 15.9 Å². The van der Waals surface area contributed by atoms with E-state index in [1.165, 1.54) is 4.31 Å². The summed E-state index contributed by atoms with van der Waals surface area (Å²) in [7, 11) is -3.66. The lowest BCUT2D eigenvalue weighted by Gasteiger charge is -2.37. The highest BCUT2D eigenvalue weighted by Gasteiger charge is 2.59. The highest BCUT2D eigenvalue weighted by Crippen LogP contribution is 2.50. The second kappa shape index (κ2) is 8.11. The van der Waals surface area contributed by atoms with Crippen molar-refractivity contribution in [2.75, 3.05) is 26.0 Å². The lowest BCUT2D eigenvalue weighted by Crippen LogP contribution is -2.49. The highest BCUT2D eigenvalue weighted by atomic mass is 32.2. The number of sulfonamides is 1. The predicted molar refractivity (Wildman–Crippen MR) is 120 cm³/mol. The van der Waals surface area contributed by atoms with Crippen LogP contribution in [0.1, 0.15) is 55.8 Å². The first-order chi connectivity index (χ1) is 15.3. The number of hydrogen-bond donors (Lipinski definition) is 1. The molecule has 3 aliphatic heterocycles. The van der Waals surface area contributed by atoms with Crippen LogP contribution in [0.4, 0.5) is 0 Å². The largest absolute Gasteiger partial charge is 0.396 e. The molecule has 174 valence electrons. The Morgan fingerprint density at radius 2 is 1.91 bits per heavy atom. The van der Waals surface area contributed by atoms with Crippen molar-refractivity contribution in [3.63, 3.8) is 0 Å². The summed E-state index contributed by atoms with van der Waals surface area (Å²) < 4.78 is 28.8. The Balaban J connectivity index is 1.64. The summed E-state index contributed by atoms with van der Waals surface area (Å²) in [4.78, 5) is 28.9. The monoisotopic (exact) mass is 461 g/mol. The van der Waals surface area contributed by atoms with Crippen LogP contribution in [0.2, 0.25) is 0 Å². The van der Waals surface area contributed by atoms with E-state index in [2.05, 4.69) is 6.08 Å². The summed E-state index contributed by atoms with van der Waals surface area (Å²) in [6.45, 7) is 1.18. The fourth-order valence-electron chi connectivity index (χ4n) is 6.27. The van der Waals surface area contributed by atoms with Gasteiger partial charge in [-0.15, -0.1) is 0 Å². The maximum Gasteiger partial charge on any atom is 0.258 e. The van der Waals surface area contributed by atoms with E-state index in [1.807, 2.05) is 11.0 Å². The first-order valence-electron chi connectivity index (χ1n) is 11.6. The fourth-order valence-corrected chi connectivity index (χ4v) is 7.64. The van der Waals surface area contributed by atoms with Crippen molar-refractivity contribution in [3.05, 3.63) is 39.8 Å². The molecule has 0 spiro atoms.